The van der Waals surface area contributed by atoms with Gasteiger partial charge in [-0.1, -0.05) is 35.9 Å². The maximum Gasteiger partial charge on any atom is 0.256 e. The van der Waals surface area contributed by atoms with E-state index in [1.54, 1.807) is 24.1 Å². The van der Waals surface area contributed by atoms with Crippen LogP contribution >= 0.6 is 11.6 Å². The molecule has 0 bridgehead atoms. The van der Waals surface area contributed by atoms with Crippen molar-refractivity contribution in [1.29, 1.82) is 0 Å². The standard InChI is InChI=1S/C16H17ClN2O/c1-11(12-6-5-7-13(17)10-12)19(2)16(20)14-8-3-4-9-15(14)18/h3-11H,18H2,1-2H3. The number of nitrogen functional groups attached to an aromatic ring is 1. The number of benzene rings is 2. The predicted molar refractivity (Wildman–Crippen MR) is 82.8 cm³/mol. The zero-order valence-corrected chi connectivity index (χ0v) is 12.3. The van der Waals surface area contributed by atoms with Gasteiger partial charge in [0.15, 0.2) is 0 Å². The number of rotatable bonds is 3. The predicted octanol–water partition coefficient (Wildman–Crippen LogP) is 3.76. The molecule has 1 unspecified atom stereocenters. The van der Waals surface area contributed by atoms with Gasteiger partial charge in [0.1, 0.15) is 0 Å². The first-order valence-electron chi connectivity index (χ1n) is 6.38. The van der Waals surface area contributed by atoms with Gasteiger partial charge < -0.3 is 10.6 Å². The maximum absolute atomic E-state index is 12.5. The van der Waals surface area contributed by atoms with Crippen LogP contribution in [0.25, 0.3) is 0 Å². The molecule has 0 spiro atoms. The molecule has 4 heteroatoms. The molecule has 20 heavy (non-hydrogen) atoms. The number of nitrogens with zero attached hydrogens (tertiary/aromatic N) is 1. The quantitative estimate of drug-likeness (QED) is 0.874. The number of hydrogen-bond acceptors (Lipinski definition) is 2. The van der Waals surface area contributed by atoms with E-state index in [0.29, 0.717) is 16.3 Å². The molecule has 0 saturated carbocycles. The van der Waals surface area contributed by atoms with Crippen molar-refractivity contribution in [2.75, 3.05) is 12.8 Å². The lowest BCUT2D eigenvalue weighted by Gasteiger charge is -2.26. The third-order valence-corrected chi connectivity index (χ3v) is 3.66. The van der Waals surface area contributed by atoms with Crippen LogP contribution in [0.15, 0.2) is 48.5 Å². The molecule has 0 aliphatic carbocycles. The lowest BCUT2D eigenvalue weighted by atomic mass is 10.1. The van der Waals surface area contributed by atoms with E-state index in [2.05, 4.69) is 0 Å². The second kappa shape index (κ2) is 5.97. The first kappa shape index (κ1) is 14.4. The van der Waals surface area contributed by atoms with Gasteiger partial charge in [0, 0.05) is 17.8 Å². The molecule has 0 aliphatic rings. The van der Waals surface area contributed by atoms with Gasteiger partial charge in [0.05, 0.1) is 11.6 Å². The molecule has 0 fully saturated rings. The van der Waals surface area contributed by atoms with E-state index in [0.717, 1.165) is 5.56 Å². The van der Waals surface area contributed by atoms with E-state index < -0.39 is 0 Å². The van der Waals surface area contributed by atoms with Crippen molar-refractivity contribution in [1.82, 2.24) is 4.90 Å². The Hall–Kier alpha value is -2.00. The number of hydrogen-bond donors (Lipinski definition) is 1. The average Bonchev–Trinajstić information content (AvgIpc) is 2.45. The van der Waals surface area contributed by atoms with Crippen LogP contribution in [0.2, 0.25) is 5.02 Å². The lowest BCUT2D eigenvalue weighted by molar-refractivity contribution is 0.0743. The van der Waals surface area contributed by atoms with Gasteiger partial charge in [-0.3, -0.25) is 4.79 Å². The summed E-state index contributed by atoms with van der Waals surface area (Å²) in [6, 6.07) is 14.5. The van der Waals surface area contributed by atoms with Crippen LogP contribution in [-0.2, 0) is 0 Å². The molecule has 1 atom stereocenters. The first-order valence-corrected chi connectivity index (χ1v) is 6.75. The van der Waals surface area contributed by atoms with Gasteiger partial charge in [-0.25, -0.2) is 0 Å². The van der Waals surface area contributed by atoms with Crippen LogP contribution in [0.4, 0.5) is 5.69 Å². The third-order valence-electron chi connectivity index (χ3n) is 3.42. The molecule has 3 nitrogen and oxygen atoms in total. The summed E-state index contributed by atoms with van der Waals surface area (Å²) in [5.41, 5.74) is 7.85. The summed E-state index contributed by atoms with van der Waals surface area (Å²) < 4.78 is 0. The van der Waals surface area contributed by atoms with Gasteiger partial charge in [-0.2, -0.15) is 0 Å². The molecule has 0 saturated heterocycles. The minimum Gasteiger partial charge on any atom is -0.398 e. The van der Waals surface area contributed by atoms with Crippen molar-refractivity contribution in [3.05, 3.63) is 64.7 Å². The largest absolute Gasteiger partial charge is 0.398 e. The van der Waals surface area contributed by atoms with Gasteiger partial charge in [0.25, 0.3) is 5.91 Å². The topological polar surface area (TPSA) is 46.3 Å². The summed E-state index contributed by atoms with van der Waals surface area (Å²) in [7, 11) is 1.76. The van der Waals surface area contributed by atoms with Crippen LogP contribution in [0.5, 0.6) is 0 Å². The Morgan fingerprint density at radius 2 is 1.90 bits per heavy atom. The number of halogens is 1. The van der Waals surface area contributed by atoms with Crippen molar-refractivity contribution in [2.24, 2.45) is 0 Å². The Labute approximate surface area is 124 Å². The minimum absolute atomic E-state index is 0.0826. The molecule has 0 heterocycles. The summed E-state index contributed by atoms with van der Waals surface area (Å²) in [5, 5.41) is 0.662. The number of para-hydroxylation sites is 1. The highest BCUT2D eigenvalue weighted by Crippen LogP contribution is 2.24. The van der Waals surface area contributed by atoms with E-state index in [9.17, 15) is 4.79 Å². The molecule has 2 N–H and O–H groups in total. The van der Waals surface area contributed by atoms with Crippen molar-refractivity contribution < 1.29 is 4.79 Å². The molecule has 2 aromatic rings. The van der Waals surface area contributed by atoms with Crippen molar-refractivity contribution in [2.45, 2.75) is 13.0 Å². The molecule has 2 rings (SSSR count). The Bertz CT molecular complexity index is 627. The molecule has 0 aliphatic heterocycles. The molecule has 0 aromatic heterocycles. The van der Waals surface area contributed by atoms with Crippen molar-refractivity contribution in [3.8, 4) is 0 Å². The highest BCUT2D eigenvalue weighted by atomic mass is 35.5. The number of anilines is 1. The Morgan fingerprint density at radius 1 is 1.20 bits per heavy atom. The van der Waals surface area contributed by atoms with Crippen LogP contribution in [-0.4, -0.2) is 17.9 Å². The Balaban J connectivity index is 2.25. The van der Waals surface area contributed by atoms with Gasteiger partial charge >= 0.3 is 0 Å². The second-order valence-corrected chi connectivity index (χ2v) is 5.17. The molecule has 0 radical (unpaired) electrons. The number of carbonyl (C=O) groups excluding carboxylic acids is 1. The highest BCUT2D eigenvalue weighted by Gasteiger charge is 2.20. The van der Waals surface area contributed by atoms with Crippen molar-refractivity contribution >= 4 is 23.2 Å². The van der Waals surface area contributed by atoms with Crippen LogP contribution in [0.3, 0.4) is 0 Å². The summed E-state index contributed by atoms with van der Waals surface area (Å²) in [6.07, 6.45) is 0. The van der Waals surface area contributed by atoms with Crippen LogP contribution < -0.4 is 5.73 Å². The summed E-state index contributed by atoms with van der Waals surface area (Å²) in [4.78, 5) is 14.1. The zero-order valence-electron chi connectivity index (χ0n) is 11.5. The molecule has 104 valence electrons. The zero-order chi connectivity index (χ0) is 14.7. The van der Waals surface area contributed by atoms with E-state index in [1.165, 1.54) is 0 Å². The fourth-order valence-electron chi connectivity index (χ4n) is 2.05. The molecule has 1 amide bonds. The van der Waals surface area contributed by atoms with Gasteiger partial charge in [-0.05, 0) is 36.8 Å². The smallest absolute Gasteiger partial charge is 0.256 e. The average molecular weight is 289 g/mol. The van der Waals surface area contributed by atoms with E-state index >= 15 is 0 Å². The summed E-state index contributed by atoms with van der Waals surface area (Å²) in [6.45, 7) is 1.96. The first-order chi connectivity index (χ1) is 9.50. The summed E-state index contributed by atoms with van der Waals surface area (Å²) >= 11 is 5.99. The van der Waals surface area contributed by atoms with Gasteiger partial charge in [0.2, 0.25) is 0 Å². The summed E-state index contributed by atoms with van der Waals surface area (Å²) in [5.74, 6) is -0.101. The molecular weight excluding hydrogens is 272 g/mol. The van der Waals surface area contributed by atoms with E-state index in [1.807, 2.05) is 43.3 Å². The SMILES string of the molecule is CC(c1cccc(Cl)c1)N(C)C(=O)c1ccccc1N. The van der Waals surface area contributed by atoms with Crippen molar-refractivity contribution in [3.63, 3.8) is 0 Å². The third kappa shape index (κ3) is 2.94. The lowest BCUT2D eigenvalue weighted by Crippen LogP contribution is -2.30. The molecule has 2 aromatic carbocycles. The number of amides is 1. The van der Waals surface area contributed by atoms with E-state index in [4.69, 9.17) is 17.3 Å². The fourth-order valence-corrected chi connectivity index (χ4v) is 2.25. The minimum atomic E-state index is -0.101. The Kier molecular flexibility index (Phi) is 4.30. The monoisotopic (exact) mass is 288 g/mol. The van der Waals surface area contributed by atoms with E-state index in [-0.39, 0.29) is 11.9 Å². The Morgan fingerprint density at radius 3 is 2.55 bits per heavy atom. The second-order valence-electron chi connectivity index (χ2n) is 4.73. The number of nitrogens with two attached hydrogens (primary N) is 1. The van der Waals surface area contributed by atoms with Crippen LogP contribution in [0.1, 0.15) is 28.9 Å². The van der Waals surface area contributed by atoms with Crippen LogP contribution in [0, 0.1) is 0 Å². The van der Waals surface area contributed by atoms with Gasteiger partial charge in [-0.15, -0.1) is 0 Å². The highest BCUT2D eigenvalue weighted by molar-refractivity contribution is 6.30. The maximum atomic E-state index is 12.5. The number of carbonyl (C=O) groups is 1. The normalized spacial score (nSPS) is 11.9. The fraction of sp³-hybridized carbons (Fsp3) is 0.188. The molecular formula is C16H17ClN2O.